The van der Waals surface area contributed by atoms with E-state index in [-0.39, 0.29) is 11.5 Å². The maximum Gasteiger partial charge on any atom is 0.586 e. The molecule has 0 spiro atoms. The minimum Gasteiger partial charge on any atom is -0.395 e. The van der Waals surface area contributed by atoms with Crippen molar-refractivity contribution in [3.8, 4) is 17.6 Å². The van der Waals surface area contributed by atoms with Crippen LogP contribution in [0.2, 0.25) is 0 Å². The number of benzene rings is 1. The van der Waals surface area contributed by atoms with E-state index in [0.29, 0.717) is 18.7 Å². The molecule has 0 aliphatic carbocycles. The lowest BCUT2D eigenvalue weighted by Gasteiger charge is -2.24. The molecule has 1 aromatic carbocycles. The van der Waals surface area contributed by atoms with Crippen LogP contribution in [0.3, 0.4) is 0 Å². The third-order valence-corrected chi connectivity index (χ3v) is 2.92. The SMILES string of the molecule is CN(Cc1cccc2c1OC(F)(F)O2)CC(C)(C)C#N. The average molecular weight is 282 g/mol. The fourth-order valence-corrected chi connectivity index (χ4v) is 2.21. The largest absolute Gasteiger partial charge is 0.586 e. The van der Waals surface area contributed by atoms with Crippen molar-refractivity contribution in [1.29, 1.82) is 5.26 Å². The second-order valence-corrected chi connectivity index (χ2v) is 5.58. The average Bonchev–Trinajstić information content (AvgIpc) is 2.63. The molecule has 0 bridgehead atoms. The molecule has 0 atom stereocenters. The Labute approximate surface area is 116 Å². The van der Waals surface area contributed by atoms with Gasteiger partial charge in [0.15, 0.2) is 11.5 Å². The van der Waals surface area contributed by atoms with E-state index in [1.165, 1.54) is 6.07 Å². The molecule has 1 aliphatic heterocycles. The number of nitrogens with zero attached hydrogens (tertiary/aromatic N) is 2. The van der Waals surface area contributed by atoms with E-state index in [9.17, 15) is 8.78 Å². The number of ether oxygens (including phenoxy) is 2. The Morgan fingerprint density at radius 2 is 2.05 bits per heavy atom. The number of nitriles is 1. The molecule has 1 heterocycles. The van der Waals surface area contributed by atoms with E-state index in [1.807, 2.05) is 25.8 Å². The van der Waals surface area contributed by atoms with Crippen LogP contribution in [-0.4, -0.2) is 24.8 Å². The first-order chi connectivity index (χ1) is 9.22. The van der Waals surface area contributed by atoms with E-state index in [4.69, 9.17) is 5.26 Å². The Hall–Kier alpha value is -1.87. The van der Waals surface area contributed by atoms with Gasteiger partial charge in [0.05, 0.1) is 11.5 Å². The van der Waals surface area contributed by atoms with Crippen molar-refractivity contribution < 1.29 is 18.3 Å². The van der Waals surface area contributed by atoms with Gasteiger partial charge in [-0.2, -0.15) is 5.26 Å². The molecule has 0 amide bonds. The smallest absolute Gasteiger partial charge is 0.395 e. The molecule has 0 saturated carbocycles. The molecular weight excluding hydrogens is 266 g/mol. The van der Waals surface area contributed by atoms with Crippen molar-refractivity contribution in [2.45, 2.75) is 26.7 Å². The molecule has 0 N–H and O–H groups in total. The standard InChI is InChI=1S/C14H16F2N2O2/c1-13(2,8-17)9-18(3)7-10-5-4-6-11-12(10)20-14(15,16)19-11/h4-6H,7,9H2,1-3H3. The first-order valence-electron chi connectivity index (χ1n) is 6.20. The quantitative estimate of drug-likeness (QED) is 0.851. The Morgan fingerprint density at radius 3 is 2.70 bits per heavy atom. The van der Waals surface area contributed by atoms with Crippen molar-refractivity contribution in [1.82, 2.24) is 4.90 Å². The van der Waals surface area contributed by atoms with Gasteiger partial charge in [0.25, 0.3) is 0 Å². The van der Waals surface area contributed by atoms with Crippen LogP contribution in [0, 0.1) is 16.7 Å². The summed E-state index contributed by atoms with van der Waals surface area (Å²) in [6.45, 7) is 4.57. The summed E-state index contributed by atoms with van der Waals surface area (Å²) in [5, 5.41) is 9.01. The second-order valence-electron chi connectivity index (χ2n) is 5.58. The Kier molecular flexibility index (Phi) is 3.57. The molecule has 108 valence electrons. The van der Waals surface area contributed by atoms with E-state index >= 15 is 0 Å². The van der Waals surface area contributed by atoms with E-state index in [0.717, 1.165) is 0 Å². The van der Waals surface area contributed by atoms with Gasteiger partial charge >= 0.3 is 6.29 Å². The number of hydrogen-bond donors (Lipinski definition) is 0. The summed E-state index contributed by atoms with van der Waals surface area (Å²) in [4.78, 5) is 1.89. The van der Waals surface area contributed by atoms with Gasteiger partial charge < -0.3 is 14.4 Å². The van der Waals surface area contributed by atoms with E-state index in [2.05, 4.69) is 15.5 Å². The van der Waals surface area contributed by atoms with E-state index in [1.54, 1.807) is 12.1 Å². The van der Waals surface area contributed by atoms with Crippen LogP contribution in [0.5, 0.6) is 11.5 Å². The maximum absolute atomic E-state index is 13.1. The van der Waals surface area contributed by atoms with Gasteiger partial charge in [0.1, 0.15) is 0 Å². The summed E-state index contributed by atoms with van der Waals surface area (Å²) < 4.78 is 35.1. The molecule has 0 fully saturated rings. The predicted molar refractivity (Wildman–Crippen MR) is 68.4 cm³/mol. The van der Waals surface area contributed by atoms with Gasteiger partial charge in [-0.25, -0.2) is 0 Å². The molecule has 1 aliphatic rings. The van der Waals surface area contributed by atoms with Crippen molar-refractivity contribution in [3.63, 3.8) is 0 Å². The molecule has 20 heavy (non-hydrogen) atoms. The van der Waals surface area contributed by atoms with Crippen LogP contribution in [0.4, 0.5) is 8.78 Å². The number of alkyl halides is 2. The fourth-order valence-electron chi connectivity index (χ4n) is 2.21. The Balaban J connectivity index is 2.13. The Morgan fingerprint density at radius 1 is 1.35 bits per heavy atom. The summed E-state index contributed by atoms with van der Waals surface area (Å²) in [5.74, 6) is 0.111. The molecule has 0 saturated heterocycles. The minimum absolute atomic E-state index is 0.0421. The van der Waals surface area contributed by atoms with Crippen LogP contribution in [0.1, 0.15) is 19.4 Å². The van der Waals surface area contributed by atoms with Gasteiger partial charge in [0, 0.05) is 18.7 Å². The lowest BCUT2D eigenvalue weighted by Crippen LogP contribution is -2.30. The molecular formula is C14H16F2N2O2. The highest BCUT2D eigenvalue weighted by Crippen LogP contribution is 2.43. The zero-order valence-corrected chi connectivity index (χ0v) is 11.6. The van der Waals surface area contributed by atoms with Crippen molar-refractivity contribution in [3.05, 3.63) is 23.8 Å². The van der Waals surface area contributed by atoms with Crippen LogP contribution in [0.25, 0.3) is 0 Å². The third kappa shape index (κ3) is 3.17. The highest BCUT2D eigenvalue weighted by Gasteiger charge is 2.44. The normalized spacial score (nSPS) is 16.2. The van der Waals surface area contributed by atoms with Gasteiger partial charge in [0.2, 0.25) is 0 Å². The second kappa shape index (κ2) is 4.91. The van der Waals surface area contributed by atoms with Crippen LogP contribution >= 0.6 is 0 Å². The highest BCUT2D eigenvalue weighted by atomic mass is 19.3. The summed E-state index contributed by atoms with van der Waals surface area (Å²) in [6.07, 6.45) is -3.61. The van der Waals surface area contributed by atoms with Crippen molar-refractivity contribution in [2.24, 2.45) is 5.41 Å². The van der Waals surface area contributed by atoms with Gasteiger partial charge in [-0.1, -0.05) is 12.1 Å². The number of rotatable bonds is 4. The van der Waals surface area contributed by atoms with Gasteiger partial charge in [-0.3, -0.25) is 0 Å². The minimum atomic E-state index is -3.61. The maximum atomic E-state index is 13.1. The van der Waals surface area contributed by atoms with Crippen molar-refractivity contribution in [2.75, 3.05) is 13.6 Å². The molecule has 0 aromatic heterocycles. The van der Waals surface area contributed by atoms with Gasteiger partial charge in [-0.05, 0) is 27.0 Å². The molecule has 6 heteroatoms. The monoisotopic (exact) mass is 282 g/mol. The molecule has 4 nitrogen and oxygen atoms in total. The first kappa shape index (κ1) is 14.5. The molecule has 1 aromatic rings. The number of para-hydroxylation sites is 1. The predicted octanol–water partition coefficient (Wildman–Crippen LogP) is 2.99. The topological polar surface area (TPSA) is 45.5 Å². The summed E-state index contributed by atoms with van der Waals surface area (Å²) in [6, 6.07) is 7.00. The number of hydrogen-bond acceptors (Lipinski definition) is 4. The third-order valence-electron chi connectivity index (χ3n) is 2.92. The van der Waals surface area contributed by atoms with Crippen LogP contribution in [-0.2, 0) is 6.54 Å². The number of halogens is 2. The Bertz CT molecular complexity index is 553. The summed E-state index contributed by atoms with van der Waals surface area (Å²) in [5.41, 5.74) is 0.101. The van der Waals surface area contributed by atoms with Crippen LogP contribution < -0.4 is 9.47 Å². The van der Waals surface area contributed by atoms with Gasteiger partial charge in [-0.15, -0.1) is 8.78 Å². The van der Waals surface area contributed by atoms with Crippen molar-refractivity contribution >= 4 is 0 Å². The zero-order chi connectivity index (χ0) is 15.0. The summed E-state index contributed by atoms with van der Waals surface area (Å²) in [7, 11) is 1.83. The summed E-state index contributed by atoms with van der Waals surface area (Å²) >= 11 is 0. The fraction of sp³-hybridized carbons (Fsp3) is 0.500. The molecule has 0 radical (unpaired) electrons. The van der Waals surface area contributed by atoms with Crippen LogP contribution in [0.15, 0.2) is 18.2 Å². The number of fused-ring (bicyclic) bond motifs is 1. The first-order valence-corrected chi connectivity index (χ1v) is 6.20. The van der Waals surface area contributed by atoms with E-state index < -0.39 is 11.7 Å². The molecule has 0 unspecified atom stereocenters. The molecule has 2 rings (SSSR count). The zero-order valence-electron chi connectivity index (χ0n) is 11.6. The lowest BCUT2D eigenvalue weighted by atomic mass is 9.95. The lowest BCUT2D eigenvalue weighted by molar-refractivity contribution is -0.287. The highest BCUT2D eigenvalue weighted by molar-refractivity contribution is 5.48.